The first-order valence-corrected chi connectivity index (χ1v) is 6.63. The Labute approximate surface area is 111 Å². The van der Waals surface area contributed by atoms with Gasteiger partial charge in [0, 0.05) is 30.1 Å². The van der Waals surface area contributed by atoms with Crippen molar-refractivity contribution in [3.63, 3.8) is 0 Å². The van der Waals surface area contributed by atoms with Crippen molar-refractivity contribution in [1.29, 1.82) is 0 Å². The summed E-state index contributed by atoms with van der Waals surface area (Å²) in [5, 5.41) is 11.0. The number of pyridine rings is 1. The molecule has 4 heteroatoms. The van der Waals surface area contributed by atoms with Crippen molar-refractivity contribution in [1.82, 2.24) is 4.98 Å². The highest BCUT2D eigenvalue weighted by molar-refractivity contribution is 6.06. The van der Waals surface area contributed by atoms with Gasteiger partial charge in [0.05, 0.1) is 5.56 Å². The van der Waals surface area contributed by atoms with Gasteiger partial charge < -0.3 is 10.0 Å². The quantitative estimate of drug-likeness (QED) is 0.897. The van der Waals surface area contributed by atoms with E-state index in [1.807, 2.05) is 6.07 Å². The predicted molar refractivity (Wildman–Crippen MR) is 74.8 cm³/mol. The van der Waals surface area contributed by atoms with Crippen molar-refractivity contribution in [2.45, 2.75) is 19.3 Å². The van der Waals surface area contributed by atoms with E-state index in [4.69, 9.17) is 0 Å². The van der Waals surface area contributed by atoms with Crippen LogP contribution in [-0.2, 0) is 0 Å². The maximum absolute atomic E-state index is 11.3. The number of nitrogens with zero attached hydrogens (tertiary/aromatic N) is 2. The molecular weight excluding hydrogens is 240 g/mol. The van der Waals surface area contributed by atoms with Crippen LogP contribution in [0.25, 0.3) is 10.8 Å². The van der Waals surface area contributed by atoms with Crippen LogP contribution in [0.4, 0.5) is 5.82 Å². The summed E-state index contributed by atoms with van der Waals surface area (Å²) >= 11 is 0. The van der Waals surface area contributed by atoms with Gasteiger partial charge >= 0.3 is 5.97 Å². The van der Waals surface area contributed by atoms with Crippen LogP contribution in [0, 0.1) is 0 Å². The fraction of sp³-hybridized carbons (Fsp3) is 0.333. The van der Waals surface area contributed by atoms with Gasteiger partial charge in [-0.2, -0.15) is 0 Å². The van der Waals surface area contributed by atoms with Crippen LogP contribution in [0.3, 0.4) is 0 Å². The molecule has 1 aromatic heterocycles. The molecule has 4 nitrogen and oxygen atoms in total. The molecule has 1 N–H and O–H groups in total. The molecule has 0 bridgehead atoms. The number of fused-ring (bicyclic) bond motifs is 1. The van der Waals surface area contributed by atoms with Gasteiger partial charge in [-0.15, -0.1) is 0 Å². The number of carbonyl (C=O) groups is 1. The molecule has 0 spiro atoms. The molecule has 1 aliphatic rings. The van der Waals surface area contributed by atoms with Gasteiger partial charge in [0.2, 0.25) is 0 Å². The first kappa shape index (κ1) is 12.0. The number of hydrogen-bond donors (Lipinski definition) is 1. The zero-order chi connectivity index (χ0) is 13.2. The second kappa shape index (κ2) is 4.88. The van der Waals surface area contributed by atoms with Crippen LogP contribution in [0.5, 0.6) is 0 Å². The van der Waals surface area contributed by atoms with E-state index in [0.717, 1.165) is 29.7 Å². The van der Waals surface area contributed by atoms with Gasteiger partial charge in [-0.1, -0.05) is 12.1 Å². The highest BCUT2D eigenvalue weighted by atomic mass is 16.4. The number of benzene rings is 1. The summed E-state index contributed by atoms with van der Waals surface area (Å²) in [6.45, 7) is 2.01. The molecule has 0 aliphatic carbocycles. The SMILES string of the molecule is O=C(O)c1cccc2c(N3CCCCC3)nccc12. The molecule has 2 aromatic rings. The summed E-state index contributed by atoms with van der Waals surface area (Å²) in [4.78, 5) is 18.0. The van der Waals surface area contributed by atoms with E-state index >= 15 is 0 Å². The highest BCUT2D eigenvalue weighted by Gasteiger charge is 2.16. The number of rotatable bonds is 2. The van der Waals surface area contributed by atoms with Gasteiger partial charge in [-0.25, -0.2) is 9.78 Å². The smallest absolute Gasteiger partial charge is 0.336 e. The second-order valence-corrected chi connectivity index (χ2v) is 4.89. The van der Waals surface area contributed by atoms with E-state index in [9.17, 15) is 9.90 Å². The molecule has 2 heterocycles. The van der Waals surface area contributed by atoms with E-state index in [1.54, 1.807) is 24.4 Å². The van der Waals surface area contributed by atoms with Crippen molar-refractivity contribution >= 4 is 22.6 Å². The van der Waals surface area contributed by atoms with Crippen LogP contribution >= 0.6 is 0 Å². The number of aromatic carboxylic acids is 1. The summed E-state index contributed by atoms with van der Waals surface area (Å²) in [7, 11) is 0. The Kier molecular flexibility index (Phi) is 3.07. The van der Waals surface area contributed by atoms with Crippen LogP contribution in [0.15, 0.2) is 30.5 Å². The second-order valence-electron chi connectivity index (χ2n) is 4.89. The highest BCUT2D eigenvalue weighted by Crippen LogP contribution is 2.28. The molecule has 0 unspecified atom stereocenters. The van der Waals surface area contributed by atoms with E-state index in [-0.39, 0.29) is 0 Å². The van der Waals surface area contributed by atoms with E-state index < -0.39 is 5.97 Å². The summed E-state index contributed by atoms with van der Waals surface area (Å²) in [6.07, 6.45) is 5.33. The Hall–Kier alpha value is -2.10. The lowest BCUT2D eigenvalue weighted by atomic mass is 10.0. The standard InChI is InChI=1S/C15H16N2O2/c18-15(19)13-6-4-5-12-11(13)7-8-16-14(12)17-9-2-1-3-10-17/h4-8H,1-3,9-10H2,(H,18,19). The minimum absolute atomic E-state index is 0.346. The van der Waals surface area contributed by atoms with Crippen LogP contribution in [-0.4, -0.2) is 29.1 Å². The molecule has 19 heavy (non-hydrogen) atoms. The van der Waals surface area contributed by atoms with Crippen molar-refractivity contribution in [3.8, 4) is 0 Å². The fourth-order valence-corrected chi connectivity index (χ4v) is 2.74. The topological polar surface area (TPSA) is 53.4 Å². The van der Waals surface area contributed by atoms with E-state index in [1.165, 1.54) is 19.3 Å². The molecule has 0 radical (unpaired) electrons. The number of carboxylic acid groups (broad SMARTS) is 1. The zero-order valence-corrected chi connectivity index (χ0v) is 10.7. The molecule has 0 amide bonds. The first-order valence-electron chi connectivity index (χ1n) is 6.63. The third-order valence-corrected chi connectivity index (χ3v) is 3.67. The number of carboxylic acids is 1. The first-order chi connectivity index (χ1) is 9.27. The van der Waals surface area contributed by atoms with Gasteiger partial charge in [0.25, 0.3) is 0 Å². The Morgan fingerprint density at radius 1 is 1.11 bits per heavy atom. The maximum atomic E-state index is 11.3. The van der Waals surface area contributed by atoms with Gasteiger partial charge in [0.1, 0.15) is 5.82 Å². The molecule has 1 aliphatic heterocycles. The lowest BCUT2D eigenvalue weighted by Crippen LogP contribution is -2.30. The molecular formula is C15H16N2O2. The summed E-state index contributed by atoms with van der Waals surface area (Å²) in [6, 6.07) is 7.18. The molecule has 0 saturated carbocycles. The number of aromatic nitrogens is 1. The summed E-state index contributed by atoms with van der Waals surface area (Å²) in [5.41, 5.74) is 0.346. The lowest BCUT2D eigenvalue weighted by Gasteiger charge is -2.28. The Bertz CT molecular complexity index is 619. The summed E-state index contributed by atoms with van der Waals surface area (Å²) in [5.74, 6) is 0.0293. The summed E-state index contributed by atoms with van der Waals surface area (Å²) < 4.78 is 0. The van der Waals surface area contributed by atoms with Crippen LogP contribution in [0.2, 0.25) is 0 Å². The predicted octanol–water partition coefficient (Wildman–Crippen LogP) is 2.92. The van der Waals surface area contributed by atoms with Crippen molar-refractivity contribution in [3.05, 3.63) is 36.0 Å². The minimum Gasteiger partial charge on any atom is -0.478 e. The molecule has 98 valence electrons. The normalized spacial score (nSPS) is 15.7. The third kappa shape index (κ3) is 2.14. The number of piperidine rings is 1. The maximum Gasteiger partial charge on any atom is 0.336 e. The van der Waals surface area contributed by atoms with Crippen LogP contribution < -0.4 is 4.90 Å². The minimum atomic E-state index is -0.888. The largest absolute Gasteiger partial charge is 0.478 e. The van der Waals surface area contributed by atoms with Crippen molar-refractivity contribution < 1.29 is 9.90 Å². The molecule has 1 fully saturated rings. The fourth-order valence-electron chi connectivity index (χ4n) is 2.74. The Balaban J connectivity index is 2.15. The molecule has 1 saturated heterocycles. The monoisotopic (exact) mass is 256 g/mol. The third-order valence-electron chi connectivity index (χ3n) is 3.67. The average molecular weight is 256 g/mol. The lowest BCUT2D eigenvalue weighted by molar-refractivity contribution is 0.0699. The van der Waals surface area contributed by atoms with Crippen LogP contribution in [0.1, 0.15) is 29.6 Å². The van der Waals surface area contributed by atoms with Gasteiger partial charge in [0.15, 0.2) is 0 Å². The Morgan fingerprint density at radius 2 is 1.89 bits per heavy atom. The zero-order valence-electron chi connectivity index (χ0n) is 10.7. The van der Waals surface area contributed by atoms with Gasteiger partial charge in [-0.3, -0.25) is 0 Å². The Morgan fingerprint density at radius 3 is 2.63 bits per heavy atom. The molecule has 1 aromatic carbocycles. The van der Waals surface area contributed by atoms with Crippen molar-refractivity contribution in [2.75, 3.05) is 18.0 Å². The van der Waals surface area contributed by atoms with E-state index in [2.05, 4.69) is 9.88 Å². The molecule has 0 atom stereocenters. The van der Waals surface area contributed by atoms with Gasteiger partial charge in [-0.05, 0) is 31.4 Å². The number of anilines is 1. The van der Waals surface area contributed by atoms with E-state index in [0.29, 0.717) is 5.56 Å². The number of hydrogen-bond acceptors (Lipinski definition) is 3. The molecule has 3 rings (SSSR count). The average Bonchev–Trinajstić information content (AvgIpc) is 2.46. The van der Waals surface area contributed by atoms with Crippen molar-refractivity contribution in [2.24, 2.45) is 0 Å².